The predicted octanol–water partition coefficient (Wildman–Crippen LogP) is 4.33. The van der Waals surface area contributed by atoms with E-state index in [4.69, 9.17) is 11.6 Å². The summed E-state index contributed by atoms with van der Waals surface area (Å²) in [6.07, 6.45) is 4.11. The predicted molar refractivity (Wildman–Crippen MR) is 114 cm³/mol. The van der Waals surface area contributed by atoms with Gasteiger partial charge in [-0.25, -0.2) is 14.3 Å². The molecule has 1 aliphatic rings. The van der Waals surface area contributed by atoms with Crippen LogP contribution in [0, 0.1) is 0 Å². The van der Waals surface area contributed by atoms with Gasteiger partial charge in [-0.05, 0) is 38.3 Å². The van der Waals surface area contributed by atoms with E-state index in [9.17, 15) is 9.59 Å². The first-order valence-corrected chi connectivity index (χ1v) is 10.3. The molecule has 1 saturated heterocycles. The summed E-state index contributed by atoms with van der Waals surface area (Å²) in [5, 5.41) is 13.4. The minimum Gasteiger partial charge on any atom is -0.336 e. The number of benzene rings is 1. The number of carbonyl (C=O) groups excluding carboxylic acids is 2. The number of amides is 4. The van der Waals surface area contributed by atoms with Crippen molar-refractivity contribution in [2.45, 2.75) is 45.2 Å². The van der Waals surface area contributed by atoms with Crippen molar-refractivity contribution >= 4 is 35.2 Å². The van der Waals surface area contributed by atoms with Gasteiger partial charge in [0, 0.05) is 25.2 Å². The molecule has 9 heteroatoms. The molecule has 0 spiro atoms. The number of urea groups is 2. The maximum Gasteiger partial charge on any atom is 0.324 e. The third-order valence-electron chi connectivity index (χ3n) is 5.11. The van der Waals surface area contributed by atoms with Gasteiger partial charge >= 0.3 is 12.1 Å². The standard InChI is InChI=1S/C20H27ClN6O2/c1-3-14(2)23-20(29)26-12-9-15(10-13-26)27-18(8-11-22-27)25-19(28)24-17-7-5-4-6-16(17)21/h4-8,11,14-15H,3,9-10,12-13H2,1-2H3,(H,23,29)(H2,24,25,28). The number of hydrogen-bond acceptors (Lipinski definition) is 3. The average molecular weight is 419 g/mol. The Morgan fingerprint density at radius 1 is 1.21 bits per heavy atom. The zero-order valence-electron chi connectivity index (χ0n) is 16.7. The molecule has 1 aromatic carbocycles. The van der Waals surface area contributed by atoms with Crippen LogP contribution in [0.2, 0.25) is 5.02 Å². The Kier molecular flexibility index (Phi) is 6.98. The van der Waals surface area contributed by atoms with Crippen LogP contribution < -0.4 is 16.0 Å². The minimum atomic E-state index is -0.384. The molecule has 156 valence electrons. The van der Waals surface area contributed by atoms with Gasteiger partial charge in [-0.1, -0.05) is 30.7 Å². The largest absolute Gasteiger partial charge is 0.336 e. The minimum absolute atomic E-state index is 0.0178. The van der Waals surface area contributed by atoms with Crippen LogP contribution in [0.5, 0.6) is 0 Å². The highest BCUT2D eigenvalue weighted by Gasteiger charge is 2.26. The molecule has 1 aromatic heterocycles. The van der Waals surface area contributed by atoms with Gasteiger partial charge in [0.2, 0.25) is 0 Å². The molecular weight excluding hydrogens is 392 g/mol. The van der Waals surface area contributed by atoms with Crippen LogP contribution in [-0.4, -0.2) is 45.9 Å². The highest BCUT2D eigenvalue weighted by atomic mass is 35.5. The van der Waals surface area contributed by atoms with E-state index in [0.29, 0.717) is 29.6 Å². The molecule has 0 bridgehead atoms. The van der Waals surface area contributed by atoms with Crippen LogP contribution in [-0.2, 0) is 0 Å². The van der Waals surface area contributed by atoms with E-state index < -0.39 is 0 Å². The van der Waals surface area contributed by atoms with Crippen molar-refractivity contribution in [1.82, 2.24) is 20.0 Å². The quantitative estimate of drug-likeness (QED) is 0.675. The molecule has 1 unspecified atom stereocenters. The molecule has 4 amide bonds. The number of nitrogens with zero attached hydrogens (tertiary/aromatic N) is 3. The van der Waals surface area contributed by atoms with Crippen molar-refractivity contribution in [2.75, 3.05) is 23.7 Å². The lowest BCUT2D eigenvalue weighted by atomic mass is 10.1. The molecule has 2 heterocycles. The number of likely N-dealkylation sites (tertiary alicyclic amines) is 1. The van der Waals surface area contributed by atoms with Gasteiger partial charge in [0.25, 0.3) is 0 Å². The number of para-hydroxylation sites is 1. The summed E-state index contributed by atoms with van der Waals surface area (Å²) in [6, 6.07) is 8.70. The van der Waals surface area contributed by atoms with E-state index in [-0.39, 0.29) is 24.1 Å². The fourth-order valence-electron chi connectivity index (χ4n) is 3.25. The Morgan fingerprint density at radius 3 is 2.62 bits per heavy atom. The smallest absolute Gasteiger partial charge is 0.324 e. The SMILES string of the molecule is CCC(C)NC(=O)N1CCC(n2nccc2NC(=O)Nc2ccccc2Cl)CC1. The summed E-state index contributed by atoms with van der Waals surface area (Å²) in [6.45, 7) is 5.35. The molecular formula is C20H27ClN6O2. The fraction of sp³-hybridized carbons (Fsp3) is 0.450. The van der Waals surface area contributed by atoms with E-state index in [2.05, 4.69) is 21.0 Å². The second-order valence-corrected chi connectivity index (χ2v) is 7.60. The van der Waals surface area contributed by atoms with Crippen molar-refractivity contribution in [3.05, 3.63) is 41.6 Å². The highest BCUT2D eigenvalue weighted by Crippen LogP contribution is 2.26. The Bertz CT molecular complexity index is 847. The van der Waals surface area contributed by atoms with Crippen LogP contribution in [0.3, 0.4) is 0 Å². The lowest BCUT2D eigenvalue weighted by molar-refractivity contribution is 0.166. The first-order valence-electron chi connectivity index (χ1n) is 9.89. The number of carbonyl (C=O) groups is 2. The first-order chi connectivity index (χ1) is 14.0. The highest BCUT2D eigenvalue weighted by molar-refractivity contribution is 6.33. The van der Waals surface area contributed by atoms with Crippen LogP contribution in [0.1, 0.15) is 39.2 Å². The molecule has 1 fully saturated rings. The van der Waals surface area contributed by atoms with Crippen LogP contribution in [0.25, 0.3) is 0 Å². The Hall–Kier alpha value is -2.74. The van der Waals surface area contributed by atoms with Crippen molar-refractivity contribution in [1.29, 1.82) is 0 Å². The van der Waals surface area contributed by atoms with Crippen molar-refractivity contribution in [3.63, 3.8) is 0 Å². The third kappa shape index (κ3) is 5.41. The number of aromatic nitrogens is 2. The molecule has 2 aromatic rings. The molecule has 3 N–H and O–H groups in total. The number of hydrogen-bond donors (Lipinski definition) is 3. The summed E-state index contributed by atoms with van der Waals surface area (Å²) in [7, 11) is 0. The molecule has 3 rings (SSSR count). The van der Waals surface area contributed by atoms with E-state index >= 15 is 0 Å². The molecule has 29 heavy (non-hydrogen) atoms. The molecule has 0 saturated carbocycles. The van der Waals surface area contributed by atoms with Gasteiger partial charge in [0.1, 0.15) is 5.82 Å². The lowest BCUT2D eigenvalue weighted by Crippen LogP contribution is -2.47. The molecule has 0 radical (unpaired) electrons. The topological polar surface area (TPSA) is 91.3 Å². The average Bonchev–Trinajstić information content (AvgIpc) is 3.17. The number of nitrogens with one attached hydrogen (secondary N) is 3. The zero-order valence-corrected chi connectivity index (χ0v) is 17.4. The Morgan fingerprint density at radius 2 is 1.93 bits per heavy atom. The number of anilines is 2. The van der Waals surface area contributed by atoms with E-state index in [1.54, 1.807) is 36.5 Å². The molecule has 8 nitrogen and oxygen atoms in total. The van der Waals surface area contributed by atoms with E-state index in [1.165, 1.54) is 0 Å². The summed E-state index contributed by atoms with van der Waals surface area (Å²) in [5.41, 5.74) is 0.540. The van der Waals surface area contributed by atoms with Gasteiger partial charge in [-0.2, -0.15) is 5.10 Å². The summed E-state index contributed by atoms with van der Waals surface area (Å²) < 4.78 is 1.82. The Balaban J connectivity index is 1.56. The lowest BCUT2D eigenvalue weighted by Gasteiger charge is -2.33. The second kappa shape index (κ2) is 9.65. The van der Waals surface area contributed by atoms with Gasteiger partial charge in [0.15, 0.2) is 0 Å². The molecule has 1 atom stereocenters. The van der Waals surface area contributed by atoms with Crippen molar-refractivity contribution < 1.29 is 9.59 Å². The summed E-state index contributed by atoms with van der Waals surface area (Å²) in [4.78, 5) is 26.5. The molecule has 0 aliphatic carbocycles. The van der Waals surface area contributed by atoms with Crippen LogP contribution in [0.15, 0.2) is 36.5 Å². The van der Waals surface area contributed by atoms with E-state index in [1.807, 2.05) is 23.4 Å². The van der Waals surface area contributed by atoms with E-state index in [0.717, 1.165) is 19.3 Å². The van der Waals surface area contributed by atoms with Gasteiger partial charge < -0.3 is 15.5 Å². The number of piperidine rings is 1. The Labute approximate surface area is 175 Å². The van der Waals surface area contributed by atoms with Crippen molar-refractivity contribution in [2.24, 2.45) is 0 Å². The molecule has 1 aliphatic heterocycles. The zero-order chi connectivity index (χ0) is 20.8. The monoisotopic (exact) mass is 418 g/mol. The maximum atomic E-state index is 12.4. The number of halogens is 1. The summed E-state index contributed by atoms with van der Waals surface area (Å²) in [5.74, 6) is 0.608. The van der Waals surface area contributed by atoms with Crippen LogP contribution >= 0.6 is 11.6 Å². The second-order valence-electron chi connectivity index (χ2n) is 7.20. The van der Waals surface area contributed by atoms with Gasteiger partial charge in [0.05, 0.1) is 22.9 Å². The maximum absolute atomic E-state index is 12.4. The number of rotatable bonds is 5. The normalized spacial score (nSPS) is 15.6. The van der Waals surface area contributed by atoms with Gasteiger partial charge in [-0.3, -0.25) is 5.32 Å². The van der Waals surface area contributed by atoms with Crippen LogP contribution in [0.4, 0.5) is 21.1 Å². The van der Waals surface area contributed by atoms with Gasteiger partial charge in [-0.15, -0.1) is 0 Å². The first kappa shape index (κ1) is 21.0. The van der Waals surface area contributed by atoms with Crippen molar-refractivity contribution in [3.8, 4) is 0 Å². The third-order valence-corrected chi connectivity index (χ3v) is 5.44. The fourth-order valence-corrected chi connectivity index (χ4v) is 3.44. The summed E-state index contributed by atoms with van der Waals surface area (Å²) >= 11 is 6.09.